The molecule has 1 aromatic carbocycles. The molecule has 1 aliphatic rings. The first-order valence-corrected chi connectivity index (χ1v) is 7.95. The van der Waals surface area contributed by atoms with Crippen molar-refractivity contribution in [2.24, 2.45) is 0 Å². The van der Waals surface area contributed by atoms with E-state index in [4.69, 9.17) is 9.31 Å². The Labute approximate surface area is 141 Å². The van der Waals surface area contributed by atoms with Crippen molar-refractivity contribution in [3.8, 4) is 0 Å². The van der Waals surface area contributed by atoms with Crippen LogP contribution in [-0.4, -0.2) is 35.0 Å². The number of aliphatic hydroxyl groups excluding tert-OH is 1. The van der Waals surface area contributed by atoms with Crippen molar-refractivity contribution in [1.82, 2.24) is 4.98 Å². The number of aliphatic hydroxyl groups is 1. The van der Waals surface area contributed by atoms with Crippen LogP contribution in [0.1, 0.15) is 33.3 Å². The van der Waals surface area contributed by atoms with Crippen molar-refractivity contribution < 1.29 is 18.8 Å². The van der Waals surface area contributed by atoms with E-state index in [0.717, 1.165) is 5.39 Å². The zero-order chi connectivity index (χ0) is 17.5. The molecule has 1 fully saturated rings. The highest BCUT2D eigenvalue weighted by molar-refractivity contribution is 6.55. The predicted molar refractivity (Wildman–Crippen MR) is 92.8 cm³/mol. The Kier molecular flexibility index (Phi) is 4.24. The number of hydrogen-bond acceptors (Lipinski definition) is 4. The minimum Gasteiger partial charge on any atom is -0.400 e. The van der Waals surface area contributed by atoms with Gasteiger partial charge < -0.3 is 14.4 Å². The molecule has 24 heavy (non-hydrogen) atoms. The summed E-state index contributed by atoms with van der Waals surface area (Å²) in [6.07, 6.45) is 3.21. The molecular weight excluding hydrogens is 308 g/mol. The van der Waals surface area contributed by atoms with Crippen LogP contribution >= 0.6 is 0 Å². The molecule has 0 unspecified atom stereocenters. The maximum absolute atomic E-state index is 14.4. The summed E-state index contributed by atoms with van der Waals surface area (Å²) in [4.78, 5) is 4.14. The largest absolute Gasteiger partial charge is 0.492 e. The monoisotopic (exact) mass is 329 g/mol. The molecule has 6 heteroatoms. The summed E-state index contributed by atoms with van der Waals surface area (Å²) in [5.74, 6) is -0.399. The van der Waals surface area contributed by atoms with Gasteiger partial charge in [-0.05, 0) is 45.3 Å². The Morgan fingerprint density at radius 2 is 1.92 bits per heavy atom. The molecule has 0 atom stereocenters. The lowest BCUT2D eigenvalue weighted by Gasteiger charge is -2.32. The topological polar surface area (TPSA) is 51.6 Å². The first kappa shape index (κ1) is 17.1. The number of pyridine rings is 1. The highest BCUT2D eigenvalue weighted by atomic mass is 19.1. The molecule has 4 nitrogen and oxygen atoms in total. The summed E-state index contributed by atoms with van der Waals surface area (Å²) < 4.78 is 26.2. The first-order valence-electron chi connectivity index (χ1n) is 7.95. The summed E-state index contributed by atoms with van der Waals surface area (Å²) in [6.45, 7) is 7.46. The zero-order valence-corrected chi connectivity index (χ0v) is 14.3. The predicted octanol–water partition coefficient (Wildman–Crippen LogP) is 3.38. The minimum atomic E-state index is -0.705. The number of fused-ring (bicyclic) bond motifs is 1. The van der Waals surface area contributed by atoms with Gasteiger partial charge in [-0.3, -0.25) is 4.98 Å². The number of halogens is 1. The smallest absolute Gasteiger partial charge is 0.400 e. The normalized spacial score (nSPS) is 19.9. The van der Waals surface area contributed by atoms with Crippen LogP contribution in [0.25, 0.3) is 17.0 Å². The molecule has 0 amide bonds. The van der Waals surface area contributed by atoms with E-state index in [-0.39, 0.29) is 6.61 Å². The van der Waals surface area contributed by atoms with Gasteiger partial charge >= 0.3 is 7.12 Å². The van der Waals surface area contributed by atoms with Gasteiger partial charge in [0.2, 0.25) is 0 Å². The van der Waals surface area contributed by atoms with E-state index in [0.29, 0.717) is 16.6 Å². The third-order valence-electron chi connectivity index (χ3n) is 4.80. The fraction of sp³-hybridized carbons (Fsp3) is 0.389. The molecular formula is C18H21BFNO3. The molecule has 0 bridgehead atoms. The lowest BCUT2D eigenvalue weighted by atomic mass is 9.77. The van der Waals surface area contributed by atoms with Crippen LogP contribution < -0.4 is 0 Å². The molecule has 0 radical (unpaired) electrons. The van der Waals surface area contributed by atoms with Gasteiger partial charge in [-0.15, -0.1) is 0 Å². The molecule has 1 aliphatic heterocycles. The third-order valence-corrected chi connectivity index (χ3v) is 4.80. The lowest BCUT2D eigenvalue weighted by molar-refractivity contribution is 0.00578. The summed E-state index contributed by atoms with van der Waals surface area (Å²) in [5.41, 5.74) is 0.411. The van der Waals surface area contributed by atoms with Crippen molar-refractivity contribution in [3.05, 3.63) is 47.3 Å². The SMILES string of the molecule is CC1(C)OB(C(=Cc2cc3cccnc3cc2F)CO)OC1(C)C. The van der Waals surface area contributed by atoms with Crippen LogP contribution in [0.3, 0.4) is 0 Å². The van der Waals surface area contributed by atoms with Crippen LogP contribution in [-0.2, 0) is 9.31 Å². The van der Waals surface area contributed by atoms with Gasteiger partial charge in [-0.1, -0.05) is 12.1 Å². The fourth-order valence-corrected chi connectivity index (χ4v) is 2.61. The van der Waals surface area contributed by atoms with E-state index < -0.39 is 24.1 Å². The van der Waals surface area contributed by atoms with E-state index in [1.165, 1.54) is 6.07 Å². The Balaban J connectivity index is 1.98. The van der Waals surface area contributed by atoms with Crippen LogP contribution in [0, 0.1) is 5.82 Å². The number of nitrogens with zero attached hydrogens (tertiary/aromatic N) is 1. The van der Waals surface area contributed by atoms with E-state index >= 15 is 0 Å². The summed E-state index contributed by atoms with van der Waals surface area (Å²) >= 11 is 0. The van der Waals surface area contributed by atoms with Gasteiger partial charge in [-0.2, -0.15) is 0 Å². The van der Waals surface area contributed by atoms with Crippen molar-refractivity contribution in [3.63, 3.8) is 0 Å². The Morgan fingerprint density at radius 3 is 2.54 bits per heavy atom. The Morgan fingerprint density at radius 1 is 1.25 bits per heavy atom. The van der Waals surface area contributed by atoms with Crippen LogP contribution in [0.4, 0.5) is 4.39 Å². The van der Waals surface area contributed by atoms with Gasteiger partial charge in [-0.25, -0.2) is 4.39 Å². The van der Waals surface area contributed by atoms with Gasteiger partial charge in [0, 0.05) is 23.2 Å². The standard InChI is InChI=1S/C18H21BFNO3/c1-17(2)18(3,4)24-19(23-17)14(11-22)9-13-8-12-6-5-7-21-16(12)10-15(13)20/h5-10,22H,11H2,1-4H3. The molecule has 1 N–H and O–H groups in total. The van der Waals surface area contributed by atoms with E-state index in [1.54, 1.807) is 24.4 Å². The van der Waals surface area contributed by atoms with Crippen molar-refractivity contribution in [1.29, 1.82) is 0 Å². The maximum atomic E-state index is 14.4. The molecule has 2 heterocycles. The molecule has 1 aromatic heterocycles. The summed E-state index contributed by atoms with van der Waals surface area (Å²) in [7, 11) is -0.705. The first-order chi connectivity index (χ1) is 11.2. The Bertz CT molecular complexity index is 788. The molecule has 3 rings (SSSR count). The van der Waals surface area contributed by atoms with Gasteiger partial charge in [0.25, 0.3) is 0 Å². The van der Waals surface area contributed by atoms with Crippen molar-refractivity contribution in [2.75, 3.05) is 6.61 Å². The van der Waals surface area contributed by atoms with Gasteiger partial charge in [0.1, 0.15) is 5.82 Å². The lowest BCUT2D eigenvalue weighted by Crippen LogP contribution is -2.41. The van der Waals surface area contributed by atoms with Crippen LogP contribution in [0.15, 0.2) is 35.9 Å². The van der Waals surface area contributed by atoms with Crippen molar-refractivity contribution >= 4 is 24.1 Å². The number of hydrogen-bond donors (Lipinski definition) is 1. The second-order valence-corrected chi connectivity index (χ2v) is 7.04. The average molecular weight is 329 g/mol. The molecule has 126 valence electrons. The quantitative estimate of drug-likeness (QED) is 0.877. The molecule has 1 saturated heterocycles. The highest BCUT2D eigenvalue weighted by Crippen LogP contribution is 2.38. The number of rotatable bonds is 3. The van der Waals surface area contributed by atoms with Crippen molar-refractivity contribution in [2.45, 2.75) is 38.9 Å². The van der Waals surface area contributed by atoms with E-state index in [9.17, 15) is 9.50 Å². The van der Waals surface area contributed by atoms with Gasteiger partial charge in [0.15, 0.2) is 0 Å². The minimum absolute atomic E-state index is 0.276. The zero-order valence-electron chi connectivity index (χ0n) is 14.3. The second-order valence-electron chi connectivity index (χ2n) is 7.04. The van der Waals surface area contributed by atoms with E-state index in [1.807, 2.05) is 33.8 Å². The highest BCUT2D eigenvalue weighted by Gasteiger charge is 2.52. The maximum Gasteiger partial charge on any atom is 0.492 e. The molecule has 0 saturated carbocycles. The van der Waals surface area contributed by atoms with Crippen LogP contribution in [0.2, 0.25) is 0 Å². The van der Waals surface area contributed by atoms with Crippen LogP contribution in [0.5, 0.6) is 0 Å². The third kappa shape index (κ3) is 2.97. The number of benzene rings is 1. The average Bonchev–Trinajstić information content (AvgIpc) is 2.73. The van der Waals surface area contributed by atoms with Gasteiger partial charge in [0.05, 0.1) is 23.3 Å². The Hall–Kier alpha value is -1.76. The second kappa shape index (κ2) is 5.95. The molecule has 0 spiro atoms. The number of aromatic nitrogens is 1. The molecule has 2 aromatic rings. The fourth-order valence-electron chi connectivity index (χ4n) is 2.61. The van der Waals surface area contributed by atoms with E-state index in [2.05, 4.69) is 4.98 Å². The summed E-state index contributed by atoms with van der Waals surface area (Å²) in [6, 6.07) is 6.76. The summed E-state index contributed by atoms with van der Waals surface area (Å²) in [5, 5.41) is 10.6. The molecule has 0 aliphatic carbocycles.